The SMILES string of the molecule is COCC(C)Cn1cnnc1CCl. The van der Waals surface area contributed by atoms with Crippen molar-refractivity contribution < 1.29 is 4.74 Å². The Morgan fingerprint density at radius 1 is 1.69 bits per heavy atom. The van der Waals surface area contributed by atoms with E-state index in [4.69, 9.17) is 16.3 Å². The molecule has 1 unspecified atom stereocenters. The number of methoxy groups -OCH3 is 1. The molecule has 0 aromatic carbocycles. The van der Waals surface area contributed by atoms with Crippen LogP contribution in [0.1, 0.15) is 12.7 Å². The molecular weight excluding hydrogens is 190 g/mol. The molecule has 0 aliphatic rings. The molecule has 74 valence electrons. The van der Waals surface area contributed by atoms with Crippen LogP contribution in [0.25, 0.3) is 0 Å². The number of rotatable bonds is 5. The maximum Gasteiger partial charge on any atom is 0.147 e. The van der Waals surface area contributed by atoms with Gasteiger partial charge in [0.25, 0.3) is 0 Å². The van der Waals surface area contributed by atoms with Gasteiger partial charge in [-0.3, -0.25) is 0 Å². The van der Waals surface area contributed by atoms with Gasteiger partial charge in [-0.25, -0.2) is 0 Å². The normalized spacial score (nSPS) is 13.2. The highest BCUT2D eigenvalue weighted by Crippen LogP contribution is 2.05. The first-order chi connectivity index (χ1) is 6.27. The van der Waals surface area contributed by atoms with E-state index in [1.165, 1.54) is 0 Å². The minimum atomic E-state index is 0.402. The largest absolute Gasteiger partial charge is 0.384 e. The number of aromatic nitrogens is 3. The van der Waals surface area contributed by atoms with E-state index in [9.17, 15) is 0 Å². The Balaban J connectivity index is 2.52. The second-order valence-corrected chi connectivity index (χ2v) is 3.36. The van der Waals surface area contributed by atoms with Gasteiger partial charge in [-0.2, -0.15) is 0 Å². The number of hydrogen-bond acceptors (Lipinski definition) is 3. The molecule has 0 N–H and O–H groups in total. The van der Waals surface area contributed by atoms with Crippen molar-refractivity contribution >= 4 is 11.6 Å². The highest BCUT2D eigenvalue weighted by molar-refractivity contribution is 6.16. The van der Waals surface area contributed by atoms with Gasteiger partial charge in [-0.05, 0) is 5.92 Å². The van der Waals surface area contributed by atoms with Crippen molar-refractivity contribution in [3.8, 4) is 0 Å². The van der Waals surface area contributed by atoms with E-state index < -0.39 is 0 Å². The molecule has 1 aromatic rings. The predicted molar refractivity (Wildman–Crippen MR) is 50.6 cm³/mol. The Kier molecular flexibility index (Phi) is 4.18. The van der Waals surface area contributed by atoms with Gasteiger partial charge in [0.1, 0.15) is 12.2 Å². The van der Waals surface area contributed by atoms with Crippen LogP contribution in [-0.2, 0) is 17.2 Å². The standard InChI is InChI=1S/C8H14ClN3O/c1-7(5-13-2)4-12-6-10-11-8(12)3-9/h6-7H,3-5H2,1-2H3. The van der Waals surface area contributed by atoms with Crippen LogP contribution in [-0.4, -0.2) is 28.5 Å². The van der Waals surface area contributed by atoms with Crippen molar-refractivity contribution in [3.05, 3.63) is 12.2 Å². The first-order valence-corrected chi connectivity index (χ1v) is 4.73. The minimum absolute atomic E-state index is 0.402. The van der Waals surface area contributed by atoms with Gasteiger partial charge >= 0.3 is 0 Å². The summed E-state index contributed by atoms with van der Waals surface area (Å²) in [5, 5.41) is 7.68. The molecule has 0 radical (unpaired) electrons. The first-order valence-electron chi connectivity index (χ1n) is 4.19. The van der Waals surface area contributed by atoms with Crippen LogP contribution in [0, 0.1) is 5.92 Å². The van der Waals surface area contributed by atoms with Crippen LogP contribution in [0.4, 0.5) is 0 Å². The van der Waals surface area contributed by atoms with Crippen molar-refractivity contribution in [1.82, 2.24) is 14.8 Å². The lowest BCUT2D eigenvalue weighted by Crippen LogP contribution is -2.13. The smallest absolute Gasteiger partial charge is 0.147 e. The molecule has 0 fully saturated rings. The molecule has 0 bridgehead atoms. The molecule has 1 atom stereocenters. The van der Waals surface area contributed by atoms with Gasteiger partial charge in [0.2, 0.25) is 0 Å². The average Bonchev–Trinajstić information content (AvgIpc) is 2.52. The van der Waals surface area contributed by atoms with Gasteiger partial charge in [0, 0.05) is 13.7 Å². The molecule has 0 spiro atoms. The summed E-state index contributed by atoms with van der Waals surface area (Å²) >= 11 is 5.68. The van der Waals surface area contributed by atoms with Gasteiger partial charge < -0.3 is 9.30 Å². The zero-order chi connectivity index (χ0) is 9.68. The highest BCUT2D eigenvalue weighted by atomic mass is 35.5. The third-order valence-corrected chi connectivity index (χ3v) is 2.01. The lowest BCUT2D eigenvalue weighted by molar-refractivity contribution is 0.151. The molecule has 1 heterocycles. The lowest BCUT2D eigenvalue weighted by atomic mass is 10.2. The van der Waals surface area contributed by atoms with Crippen LogP contribution >= 0.6 is 11.6 Å². The van der Waals surface area contributed by atoms with Crippen molar-refractivity contribution in [2.24, 2.45) is 5.92 Å². The number of nitrogens with zero attached hydrogens (tertiary/aromatic N) is 3. The Morgan fingerprint density at radius 2 is 2.46 bits per heavy atom. The molecule has 0 saturated heterocycles. The zero-order valence-electron chi connectivity index (χ0n) is 7.90. The Morgan fingerprint density at radius 3 is 3.08 bits per heavy atom. The maximum atomic E-state index is 5.68. The van der Waals surface area contributed by atoms with E-state index in [2.05, 4.69) is 17.1 Å². The summed E-state index contributed by atoms with van der Waals surface area (Å²) in [6, 6.07) is 0. The minimum Gasteiger partial charge on any atom is -0.384 e. The van der Waals surface area contributed by atoms with Crippen LogP contribution in [0.2, 0.25) is 0 Å². The fraction of sp³-hybridized carbons (Fsp3) is 0.750. The van der Waals surface area contributed by atoms with Crippen LogP contribution in [0.15, 0.2) is 6.33 Å². The molecule has 0 saturated carbocycles. The molecule has 1 aromatic heterocycles. The Labute approximate surface area is 82.9 Å². The van der Waals surface area contributed by atoms with Gasteiger partial charge in [0.05, 0.1) is 12.5 Å². The summed E-state index contributed by atoms with van der Waals surface area (Å²) in [5.74, 6) is 1.66. The van der Waals surface area contributed by atoms with Crippen molar-refractivity contribution in [3.63, 3.8) is 0 Å². The third kappa shape index (κ3) is 2.97. The van der Waals surface area contributed by atoms with Gasteiger partial charge in [0.15, 0.2) is 0 Å². The fourth-order valence-electron chi connectivity index (χ4n) is 1.21. The van der Waals surface area contributed by atoms with E-state index in [-0.39, 0.29) is 0 Å². The fourth-order valence-corrected chi connectivity index (χ4v) is 1.41. The summed E-state index contributed by atoms with van der Waals surface area (Å²) in [6.07, 6.45) is 1.70. The third-order valence-electron chi connectivity index (χ3n) is 1.77. The molecule has 4 nitrogen and oxygen atoms in total. The molecular formula is C8H14ClN3O. The molecule has 0 aliphatic carbocycles. The van der Waals surface area contributed by atoms with Gasteiger partial charge in [-0.15, -0.1) is 21.8 Å². The van der Waals surface area contributed by atoms with E-state index in [1.807, 2.05) is 4.57 Å². The summed E-state index contributed by atoms with van der Waals surface area (Å²) in [5.41, 5.74) is 0. The number of hydrogen-bond donors (Lipinski definition) is 0. The van der Waals surface area contributed by atoms with E-state index in [1.54, 1.807) is 13.4 Å². The second kappa shape index (κ2) is 5.19. The summed E-state index contributed by atoms with van der Waals surface area (Å²) in [7, 11) is 1.70. The lowest BCUT2D eigenvalue weighted by Gasteiger charge is -2.11. The van der Waals surface area contributed by atoms with Gasteiger partial charge in [-0.1, -0.05) is 6.92 Å². The number of halogens is 1. The number of ether oxygens (including phenoxy) is 1. The van der Waals surface area contributed by atoms with E-state index >= 15 is 0 Å². The topological polar surface area (TPSA) is 39.9 Å². The summed E-state index contributed by atoms with van der Waals surface area (Å²) in [4.78, 5) is 0. The van der Waals surface area contributed by atoms with Crippen molar-refractivity contribution in [1.29, 1.82) is 0 Å². The molecule has 0 aliphatic heterocycles. The first kappa shape index (κ1) is 10.5. The monoisotopic (exact) mass is 203 g/mol. The van der Waals surface area contributed by atoms with E-state index in [0.29, 0.717) is 11.8 Å². The second-order valence-electron chi connectivity index (χ2n) is 3.09. The highest BCUT2D eigenvalue weighted by Gasteiger charge is 2.06. The Bertz CT molecular complexity index is 251. The Hall–Kier alpha value is -0.610. The summed E-state index contributed by atoms with van der Waals surface area (Å²) < 4.78 is 6.99. The van der Waals surface area contributed by atoms with Crippen LogP contribution < -0.4 is 0 Å². The zero-order valence-corrected chi connectivity index (χ0v) is 8.66. The van der Waals surface area contributed by atoms with Crippen LogP contribution in [0.3, 0.4) is 0 Å². The van der Waals surface area contributed by atoms with Crippen molar-refractivity contribution in [2.45, 2.75) is 19.3 Å². The quantitative estimate of drug-likeness (QED) is 0.678. The molecule has 13 heavy (non-hydrogen) atoms. The maximum absolute atomic E-state index is 5.68. The predicted octanol–water partition coefficient (Wildman–Crippen LogP) is 1.30. The average molecular weight is 204 g/mol. The van der Waals surface area contributed by atoms with Crippen LogP contribution in [0.5, 0.6) is 0 Å². The van der Waals surface area contributed by atoms with E-state index in [0.717, 1.165) is 19.0 Å². The summed E-state index contributed by atoms with van der Waals surface area (Å²) in [6.45, 7) is 3.70. The number of alkyl halides is 1. The molecule has 1 rings (SSSR count). The molecule has 0 amide bonds. The van der Waals surface area contributed by atoms with Crippen molar-refractivity contribution in [2.75, 3.05) is 13.7 Å². The molecule has 5 heteroatoms.